The standard InChI is InChI=1S/C20H27NO4/c1-5-7-13-21(17(6-2)18-15-24-20(3,4)25-18)19(22)23-14-16-11-9-8-10-12-16/h5-6,8-12,17-18H,1-2,7,13-15H2,3-4H3/t17-,18+/m0/s1. The van der Waals surface area contributed by atoms with Gasteiger partial charge in [-0.25, -0.2) is 4.79 Å². The van der Waals surface area contributed by atoms with Gasteiger partial charge in [0.15, 0.2) is 5.79 Å². The van der Waals surface area contributed by atoms with Crippen molar-refractivity contribution in [2.75, 3.05) is 13.2 Å². The number of hydrogen-bond donors (Lipinski definition) is 0. The zero-order valence-corrected chi connectivity index (χ0v) is 15.0. The fourth-order valence-corrected chi connectivity index (χ4v) is 2.76. The van der Waals surface area contributed by atoms with Crippen LogP contribution in [-0.4, -0.2) is 42.1 Å². The minimum absolute atomic E-state index is 0.224. The van der Waals surface area contributed by atoms with Crippen LogP contribution in [0.3, 0.4) is 0 Å². The van der Waals surface area contributed by atoms with Crippen LogP contribution in [0.5, 0.6) is 0 Å². The van der Waals surface area contributed by atoms with E-state index < -0.39 is 11.9 Å². The van der Waals surface area contributed by atoms with Gasteiger partial charge in [0.25, 0.3) is 0 Å². The molecule has 2 rings (SSSR count). The van der Waals surface area contributed by atoms with Gasteiger partial charge in [-0.15, -0.1) is 13.2 Å². The quantitative estimate of drug-likeness (QED) is 0.670. The van der Waals surface area contributed by atoms with Crippen molar-refractivity contribution >= 4 is 6.09 Å². The van der Waals surface area contributed by atoms with E-state index in [0.29, 0.717) is 19.6 Å². The normalized spacial score (nSPS) is 19.8. The molecule has 0 spiro atoms. The molecule has 1 aliphatic rings. The average molecular weight is 345 g/mol. The Hall–Kier alpha value is -2.11. The maximum absolute atomic E-state index is 12.7. The second-order valence-electron chi connectivity index (χ2n) is 6.40. The predicted molar refractivity (Wildman–Crippen MR) is 97.0 cm³/mol. The third kappa shape index (κ3) is 5.44. The van der Waals surface area contributed by atoms with Gasteiger partial charge in [-0.1, -0.05) is 42.5 Å². The lowest BCUT2D eigenvalue weighted by Crippen LogP contribution is -2.47. The molecule has 5 nitrogen and oxygen atoms in total. The Bertz CT molecular complexity index is 585. The van der Waals surface area contributed by atoms with Crippen LogP contribution in [0.1, 0.15) is 25.8 Å². The molecule has 1 fully saturated rings. The lowest BCUT2D eigenvalue weighted by Gasteiger charge is -2.32. The summed E-state index contributed by atoms with van der Waals surface area (Å²) < 4.78 is 17.0. The zero-order chi connectivity index (χ0) is 18.3. The van der Waals surface area contributed by atoms with Gasteiger partial charge >= 0.3 is 6.09 Å². The van der Waals surface area contributed by atoms with E-state index in [1.54, 1.807) is 17.1 Å². The number of amides is 1. The van der Waals surface area contributed by atoms with Crippen molar-refractivity contribution in [2.24, 2.45) is 0 Å². The third-order valence-corrected chi connectivity index (χ3v) is 4.03. The first-order valence-electron chi connectivity index (χ1n) is 8.49. The maximum atomic E-state index is 12.7. The van der Waals surface area contributed by atoms with Gasteiger partial charge in [-0.3, -0.25) is 4.90 Å². The Morgan fingerprint density at radius 1 is 1.40 bits per heavy atom. The molecule has 1 saturated heterocycles. The highest BCUT2D eigenvalue weighted by atomic mass is 16.7. The van der Waals surface area contributed by atoms with E-state index in [9.17, 15) is 4.79 Å². The molecule has 0 aliphatic carbocycles. The summed E-state index contributed by atoms with van der Waals surface area (Å²) in [5, 5.41) is 0. The van der Waals surface area contributed by atoms with E-state index in [1.807, 2.05) is 44.2 Å². The van der Waals surface area contributed by atoms with Crippen molar-refractivity contribution in [1.82, 2.24) is 4.90 Å². The molecule has 0 bridgehead atoms. The molecular weight excluding hydrogens is 318 g/mol. The first kappa shape index (κ1) is 19.2. The summed E-state index contributed by atoms with van der Waals surface area (Å²) in [7, 11) is 0. The lowest BCUT2D eigenvalue weighted by atomic mass is 10.1. The van der Waals surface area contributed by atoms with E-state index >= 15 is 0 Å². The Morgan fingerprint density at radius 2 is 2.12 bits per heavy atom. The molecule has 1 aromatic rings. The van der Waals surface area contributed by atoms with E-state index in [-0.39, 0.29) is 18.8 Å². The van der Waals surface area contributed by atoms with Crippen LogP contribution >= 0.6 is 0 Å². The van der Waals surface area contributed by atoms with Crippen molar-refractivity contribution < 1.29 is 19.0 Å². The van der Waals surface area contributed by atoms with Crippen LogP contribution in [0.4, 0.5) is 4.79 Å². The molecule has 1 amide bonds. The molecule has 1 aliphatic heterocycles. The Kier molecular flexibility index (Phi) is 6.79. The van der Waals surface area contributed by atoms with Crippen molar-refractivity contribution in [3.05, 3.63) is 61.2 Å². The van der Waals surface area contributed by atoms with E-state index in [2.05, 4.69) is 13.2 Å². The van der Waals surface area contributed by atoms with Crippen LogP contribution in [0.25, 0.3) is 0 Å². The van der Waals surface area contributed by atoms with Crippen LogP contribution in [0.15, 0.2) is 55.6 Å². The average Bonchev–Trinajstić information content (AvgIpc) is 2.97. The summed E-state index contributed by atoms with van der Waals surface area (Å²) in [6.07, 6.45) is 3.46. The summed E-state index contributed by atoms with van der Waals surface area (Å²) in [4.78, 5) is 14.3. The smallest absolute Gasteiger partial charge is 0.410 e. The summed E-state index contributed by atoms with van der Waals surface area (Å²) in [6.45, 7) is 12.4. The molecule has 0 unspecified atom stereocenters. The molecule has 0 N–H and O–H groups in total. The molecule has 2 atom stereocenters. The molecular formula is C20H27NO4. The van der Waals surface area contributed by atoms with Crippen molar-refractivity contribution in [1.29, 1.82) is 0 Å². The van der Waals surface area contributed by atoms with Crippen molar-refractivity contribution in [3.8, 4) is 0 Å². The number of hydrogen-bond acceptors (Lipinski definition) is 4. The number of carbonyl (C=O) groups is 1. The minimum atomic E-state index is -0.663. The number of rotatable bonds is 8. The first-order chi connectivity index (χ1) is 12.0. The Balaban J connectivity index is 2.06. The van der Waals surface area contributed by atoms with Gasteiger partial charge in [0.2, 0.25) is 0 Å². The minimum Gasteiger partial charge on any atom is -0.445 e. The second kappa shape index (κ2) is 8.83. The highest BCUT2D eigenvalue weighted by molar-refractivity contribution is 5.68. The molecule has 1 aromatic carbocycles. The highest BCUT2D eigenvalue weighted by Crippen LogP contribution is 2.27. The molecule has 1 heterocycles. The molecule has 5 heteroatoms. The topological polar surface area (TPSA) is 48.0 Å². The van der Waals surface area contributed by atoms with Gasteiger partial charge in [0, 0.05) is 6.54 Å². The summed E-state index contributed by atoms with van der Waals surface area (Å²) in [5.41, 5.74) is 0.941. The fraction of sp³-hybridized carbons (Fsp3) is 0.450. The molecule has 0 aromatic heterocycles. The third-order valence-electron chi connectivity index (χ3n) is 4.03. The molecule has 0 saturated carbocycles. The Morgan fingerprint density at radius 3 is 2.68 bits per heavy atom. The van der Waals surface area contributed by atoms with Crippen molar-refractivity contribution in [3.63, 3.8) is 0 Å². The van der Waals surface area contributed by atoms with E-state index in [4.69, 9.17) is 14.2 Å². The monoisotopic (exact) mass is 345 g/mol. The van der Waals surface area contributed by atoms with Gasteiger partial charge in [-0.05, 0) is 25.8 Å². The molecule has 25 heavy (non-hydrogen) atoms. The van der Waals surface area contributed by atoms with Gasteiger partial charge in [-0.2, -0.15) is 0 Å². The molecule has 136 valence electrons. The van der Waals surface area contributed by atoms with Gasteiger partial charge in [0.1, 0.15) is 12.7 Å². The van der Waals surface area contributed by atoms with Crippen LogP contribution in [0.2, 0.25) is 0 Å². The predicted octanol–water partition coefficient (Wildman–Crippen LogP) is 3.91. The van der Waals surface area contributed by atoms with Crippen LogP contribution in [0, 0.1) is 0 Å². The number of benzene rings is 1. The van der Waals surface area contributed by atoms with E-state index in [1.165, 1.54) is 0 Å². The van der Waals surface area contributed by atoms with Crippen LogP contribution < -0.4 is 0 Å². The number of ether oxygens (including phenoxy) is 3. The van der Waals surface area contributed by atoms with E-state index in [0.717, 1.165) is 5.56 Å². The maximum Gasteiger partial charge on any atom is 0.410 e. The lowest BCUT2D eigenvalue weighted by molar-refractivity contribution is -0.143. The van der Waals surface area contributed by atoms with Crippen molar-refractivity contribution in [2.45, 2.75) is 44.8 Å². The second-order valence-corrected chi connectivity index (χ2v) is 6.40. The first-order valence-corrected chi connectivity index (χ1v) is 8.49. The highest BCUT2D eigenvalue weighted by Gasteiger charge is 2.40. The summed E-state index contributed by atoms with van der Waals surface area (Å²) in [6, 6.07) is 9.26. The molecule has 0 radical (unpaired) electrons. The summed E-state index contributed by atoms with van der Waals surface area (Å²) >= 11 is 0. The fourth-order valence-electron chi connectivity index (χ4n) is 2.76. The SMILES string of the molecule is C=CCCN(C(=O)OCc1ccccc1)[C@@H](C=C)[C@H]1COC(C)(C)O1. The van der Waals surface area contributed by atoms with Gasteiger partial charge in [0.05, 0.1) is 12.6 Å². The Labute approximate surface area is 149 Å². The number of carbonyl (C=O) groups excluding carboxylic acids is 1. The van der Waals surface area contributed by atoms with Gasteiger partial charge < -0.3 is 14.2 Å². The summed E-state index contributed by atoms with van der Waals surface area (Å²) in [5.74, 6) is -0.663. The zero-order valence-electron chi connectivity index (χ0n) is 15.0. The van der Waals surface area contributed by atoms with Crippen LogP contribution in [-0.2, 0) is 20.8 Å². The number of nitrogens with zero attached hydrogens (tertiary/aromatic N) is 1. The largest absolute Gasteiger partial charge is 0.445 e.